The van der Waals surface area contributed by atoms with E-state index in [1.54, 1.807) is 0 Å². The Morgan fingerprint density at radius 2 is 2.13 bits per heavy atom. The number of rotatable bonds is 1. The molecule has 0 N–H and O–H groups in total. The fourth-order valence-electron chi connectivity index (χ4n) is 1.79. The van der Waals surface area contributed by atoms with Crippen LogP contribution in [0, 0.1) is 0 Å². The van der Waals surface area contributed by atoms with Crippen molar-refractivity contribution in [1.29, 1.82) is 0 Å². The fourth-order valence-corrected chi connectivity index (χ4v) is 3.06. The van der Waals surface area contributed by atoms with Crippen molar-refractivity contribution >= 4 is 22.9 Å². The molecule has 0 aliphatic heterocycles. The summed E-state index contributed by atoms with van der Waals surface area (Å²) in [6, 6.07) is 0. The zero-order valence-electron chi connectivity index (χ0n) is 7.72. The van der Waals surface area contributed by atoms with Crippen LogP contribution in [0.15, 0.2) is 6.20 Å². The molecule has 84 valence electrons. The van der Waals surface area contributed by atoms with Crippen LogP contribution in [-0.2, 0) is 6.18 Å². The Morgan fingerprint density at radius 3 is 2.60 bits per heavy atom. The maximum absolute atomic E-state index is 12.3. The Kier molecular flexibility index (Phi) is 2.94. The molecule has 0 spiro atoms. The minimum atomic E-state index is -4.32. The lowest BCUT2D eigenvalue weighted by atomic mass is 10.1. The molecule has 15 heavy (non-hydrogen) atoms. The van der Waals surface area contributed by atoms with Crippen LogP contribution >= 0.6 is 22.9 Å². The summed E-state index contributed by atoms with van der Waals surface area (Å²) in [7, 11) is 0. The molecule has 0 amide bonds. The Bertz CT molecular complexity index is 349. The second kappa shape index (κ2) is 3.94. The first-order valence-corrected chi connectivity index (χ1v) is 5.89. The number of hydrogen-bond donors (Lipinski definition) is 0. The molecule has 2 unspecified atom stereocenters. The molecule has 1 heterocycles. The first-order chi connectivity index (χ1) is 6.97. The summed E-state index contributed by atoms with van der Waals surface area (Å²) >= 11 is 6.66. The van der Waals surface area contributed by atoms with Gasteiger partial charge in [0.2, 0.25) is 0 Å². The van der Waals surface area contributed by atoms with Gasteiger partial charge in [0, 0.05) is 16.5 Å². The van der Waals surface area contributed by atoms with Crippen LogP contribution in [0.25, 0.3) is 0 Å². The third-order valence-corrected chi connectivity index (χ3v) is 4.14. The SMILES string of the molecule is FC(F)(F)c1ncc(C2CCC(Cl)C2)s1. The Hall–Kier alpha value is -0.290. The first kappa shape index (κ1) is 11.2. The van der Waals surface area contributed by atoms with Gasteiger partial charge in [0.1, 0.15) is 0 Å². The molecule has 1 saturated carbocycles. The Balaban J connectivity index is 2.14. The first-order valence-electron chi connectivity index (χ1n) is 4.64. The quantitative estimate of drug-likeness (QED) is 0.690. The second-order valence-electron chi connectivity index (χ2n) is 3.67. The van der Waals surface area contributed by atoms with Gasteiger partial charge >= 0.3 is 6.18 Å². The van der Waals surface area contributed by atoms with E-state index < -0.39 is 11.2 Å². The second-order valence-corrected chi connectivity index (χ2v) is 5.35. The van der Waals surface area contributed by atoms with E-state index in [1.165, 1.54) is 6.20 Å². The number of alkyl halides is 4. The van der Waals surface area contributed by atoms with E-state index in [2.05, 4.69) is 4.98 Å². The van der Waals surface area contributed by atoms with Crippen LogP contribution in [0.2, 0.25) is 0 Å². The van der Waals surface area contributed by atoms with Gasteiger partial charge < -0.3 is 0 Å². The van der Waals surface area contributed by atoms with Gasteiger partial charge in [0.15, 0.2) is 5.01 Å². The Morgan fingerprint density at radius 1 is 1.40 bits per heavy atom. The van der Waals surface area contributed by atoms with E-state index in [0.717, 1.165) is 30.6 Å². The van der Waals surface area contributed by atoms with Gasteiger partial charge in [0.05, 0.1) is 0 Å². The van der Waals surface area contributed by atoms with Crippen molar-refractivity contribution in [2.45, 2.75) is 36.7 Å². The third kappa shape index (κ3) is 2.45. The summed E-state index contributed by atoms with van der Waals surface area (Å²) < 4.78 is 36.9. The molecule has 0 radical (unpaired) electrons. The van der Waals surface area contributed by atoms with Crippen molar-refractivity contribution in [3.8, 4) is 0 Å². The highest BCUT2D eigenvalue weighted by molar-refractivity contribution is 7.11. The highest BCUT2D eigenvalue weighted by atomic mass is 35.5. The molecule has 2 atom stereocenters. The van der Waals surface area contributed by atoms with E-state index in [-0.39, 0.29) is 11.3 Å². The van der Waals surface area contributed by atoms with E-state index in [0.29, 0.717) is 4.88 Å². The van der Waals surface area contributed by atoms with Gasteiger partial charge in [-0.3, -0.25) is 0 Å². The molecule has 1 aromatic heterocycles. The monoisotopic (exact) mass is 255 g/mol. The van der Waals surface area contributed by atoms with Crippen molar-refractivity contribution in [2.24, 2.45) is 0 Å². The number of halogens is 4. The summed E-state index contributed by atoms with van der Waals surface area (Å²) in [5.41, 5.74) is 0. The molecule has 6 heteroatoms. The molecule has 0 bridgehead atoms. The topological polar surface area (TPSA) is 12.9 Å². The molecule has 1 aliphatic carbocycles. The Labute approximate surface area is 94.3 Å². The van der Waals surface area contributed by atoms with Crippen molar-refractivity contribution in [2.75, 3.05) is 0 Å². The molecule has 2 rings (SSSR count). The maximum atomic E-state index is 12.3. The summed E-state index contributed by atoms with van der Waals surface area (Å²) in [4.78, 5) is 4.12. The van der Waals surface area contributed by atoms with E-state index >= 15 is 0 Å². The number of aromatic nitrogens is 1. The minimum Gasteiger partial charge on any atom is -0.240 e. The maximum Gasteiger partial charge on any atom is 0.443 e. The normalized spacial score (nSPS) is 27.2. The fraction of sp³-hybridized carbons (Fsp3) is 0.667. The summed E-state index contributed by atoms with van der Waals surface area (Å²) in [5.74, 6) is 0.168. The standard InChI is InChI=1S/C9H9ClF3NS/c10-6-2-1-5(3-6)7-4-14-8(15-7)9(11,12)13/h4-6H,1-3H2. The van der Waals surface area contributed by atoms with Gasteiger partial charge in [-0.1, -0.05) is 0 Å². The van der Waals surface area contributed by atoms with E-state index in [1.807, 2.05) is 0 Å². The van der Waals surface area contributed by atoms with Crippen LogP contribution in [0.4, 0.5) is 13.2 Å². The van der Waals surface area contributed by atoms with E-state index in [4.69, 9.17) is 11.6 Å². The molecule has 1 fully saturated rings. The lowest BCUT2D eigenvalue weighted by Gasteiger charge is -2.04. The van der Waals surface area contributed by atoms with Crippen LogP contribution in [0.3, 0.4) is 0 Å². The molecule has 1 aromatic rings. The highest BCUT2D eigenvalue weighted by Crippen LogP contribution is 2.41. The number of thiazole rings is 1. The van der Waals surface area contributed by atoms with Crippen LogP contribution in [0.5, 0.6) is 0 Å². The molecular weight excluding hydrogens is 247 g/mol. The van der Waals surface area contributed by atoms with Gasteiger partial charge in [-0.05, 0) is 25.2 Å². The highest BCUT2D eigenvalue weighted by Gasteiger charge is 2.36. The van der Waals surface area contributed by atoms with Crippen molar-refractivity contribution < 1.29 is 13.2 Å². The number of nitrogens with zero attached hydrogens (tertiary/aromatic N) is 1. The van der Waals surface area contributed by atoms with Crippen molar-refractivity contribution in [1.82, 2.24) is 4.98 Å². The third-order valence-electron chi connectivity index (χ3n) is 2.54. The van der Waals surface area contributed by atoms with Gasteiger partial charge in [-0.2, -0.15) is 13.2 Å². The lowest BCUT2D eigenvalue weighted by molar-refractivity contribution is -0.137. The predicted molar refractivity (Wildman–Crippen MR) is 53.3 cm³/mol. The largest absolute Gasteiger partial charge is 0.443 e. The van der Waals surface area contributed by atoms with Crippen LogP contribution in [0.1, 0.15) is 35.1 Å². The van der Waals surface area contributed by atoms with Gasteiger partial charge in [0.25, 0.3) is 0 Å². The molecular formula is C9H9ClF3NS. The zero-order valence-corrected chi connectivity index (χ0v) is 9.29. The van der Waals surface area contributed by atoms with Crippen LogP contribution in [-0.4, -0.2) is 10.4 Å². The summed E-state index contributed by atoms with van der Waals surface area (Å²) in [5, 5.41) is -0.651. The summed E-state index contributed by atoms with van der Waals surface area (Å²) in [6.45, 7) is 0. The van der Waals surface area contributed by atoms with Crippen molar-refractivity contribution in [3.05, 3.63) is 16.1 Å². The average molecular weight is 256 g/mol. The van der Waals surface area contributed by atoms with Crippen LogP contribution < -0.4 is 0 Å². The molecule has 1 nitrogen and oxygen atoms in total. The smallest absolute Gasteiger partial charge is 0.240 e. The van der Waals surface area contributed by atoms with Gasteiger partial charge in [-0.25, -0.2) is 4.98 Å². The number of hydrogen-bond acceptors (Lipinski definition) is 2. The predicted octanol–water partition coefficient (Wildman–Crippen LogP) is 4.04. The average Bonchev–Trinajstić information content (AvgIpc) is 2.69. The molecule has 0 saturated heterocycles. The summed E-state index contributed by atoms with van der Waals surface area (Å²) in [6.07, 6.45) is -0.463. The minimum absolute atomic E-state index is 0.103. The molecule has 0 aromatic carbocycles. The molecule has 1 aliphatic rings. The lowest BCUT2D eigenvalue weighted by Crippen LogP contribution is -2.02. The van der Waals surface area contributed by atoms with Gasteiger partial charge in [-0.15, -0.1) is 22.9 Å². The zero-order chi connectivity index (χ0) is 11.1. The van der Waals surface area contributed by atoms with Crippen molar-refractivity contribution in [3.63, 3.8) is 0 Å². The van der Waals surface area contributed by atoms with E-state index in [9.17, 15) is 13.2 Å².